The zero-order valence-corrected chi connectivity index (χ0v) is 8.55. The summed E-state index contributed by atoms with van der Waals surface area (Å²) in [7, 11) is 0. The number of rotatable bonds is 8. The molecule has 0 atom stereocenters. The minimum Gasteiger partial charge on any atom is -0.466 e. The lowest BCUT2D eigenvalue weighted by molar-refractivity contribution is -0.143. The number of carbonyl (C=O) groups is 1. The van der Waals surface area contributed by atoms with Crippen LogP contribution < -0.4 is 5.73 Å². The highest BCUT2D eigenvalue weighted by molar-refractivity contribution is 5.69. The zero-order chi connectivity index (χ0) is 9.94. The first-order valence-electron chi connectivity index (χ1n) is 5.17. The summed E-state index contributed by atoms with van der Waals surface area (Å²) >= 11 is 0. The van der Waals surface area contributed by atoms with Crippen LogP contribution in [0, 0.1) is 0 Å². The molecule has 0 amide bonds. The maximum absolute atomic E-state index is 11.0. The van der Waals surface area contributed by atoms with E-state index < -0.39 is 0 Å². The SMILES string of the molecule is CCCCCOC(=O)CCCCN. The Morgan fingerprint density at radius 1 is 1.23 bits per heavy atom. The van der Waals surface area contributed by atoms with E-state index >= 15 is 0 Å². The first kappa shape index (κ1) is 12.4. The van der Waals surface area contributed by atoms with Crippen LogP contribution in [0.25, 0.3) is 0 Å². The van der Waals surface area contributed by atoms with Gasteiger partial charge in [-0.3, -0.25) is 4.79 Å². The van der Waals surface area contributed by atoms with Crippen LogP contribution >= 0.6 is 0 Å². The van der Waals surface area contributed by atoms with E-state index in [1.165, 1.54) is 0 Å². The van der Waals surface area contributed by atoms with E-state index in [-0.39, 0.29) is 5.97 Å². The Hall–Kier alpha value is -0.570. The first-order chi connectivity index (χ1) is 6.31. The average molecular weight is 187 g/mol. The van der Waals surface area contributed by atoms with Crippen LogP contribution in [-0.4, -0.2) is 19.1 Å². The van der Waals surface area contributed by atoms with E-state index in [1.54, 1.807) is 0 Å². The number of esters is 1. The van der Waals surface area contributed by atoms with Crippen molar-refractivity contribution in [2.45, 2.75) is 45.4 Å². The van der Waals surface area contributed by atoms with Crippen molar-refractivity contribution in [1.82, 2.24) is 0 Å². The average Bonchev–Trinajstić information content (AvgIpc) is 2.13. The summed E-state index contributed by atoms with van der Waals surface area (Å²) in [4.78, 5) is 11.0. The molecule has 0 spiro atoms. The van der Waals surface area contributed by atoms with Crippen LogP contribution in [0.3, 0.4) is 0 Å². The largest absolute Gasteiger partial charge is 0.466 e. The highest BCUT2D eigenvalue weighted by atomic mass is 16.5. The third kappa shape index (κ3) is 9.34. The number of ether oxygens (including phenoxy) is 1. The van der Waals surface area contributed by atoms with Gasteiger partial charge in [-0.25, -0.2) is 0 Å². The summed E-state index contributed by atoms with van der Waals surface area (Å²) < 4.78 is 5.01. The van der Waals surface area contributed by atoms with Gasteiger partial charge in [0.2, 0.25) is 0 Å². The molecule has 3 heteroatoms. The molecule has 0 rings (SSSR count). The van der Waals surface area contributed by atoms with Gasteiger partial charge in [0.25, 0.3) is 0 Å². The molecule has 0 saturated carbocycles. The lowest BCUT2D eigenvalue weighted by Crippen LogP contribution is -2.07. The lowest BCUT2D eigenvalue weighted by atomic mass is 10.2. The van der Waals surface area contributed by atoms with Gasteiger partial charge < -0.3 is 10.5 Å². The van der Waals surface area contributed by atoms with Gasteiger partial charge in [0.05, 0.1) is 6.61 Å². The number of unbranched alkanes of at least 4 members (excludes halogenated alkanes) is 3. The number of hydrogen-bond donors (Lipinski definition) is 1. The van der Waals surface area contributed by atoms with Crippen LogP contribution in [0.4, 0.5) is 0 Å². The Morgan fingerprint density at radius 3 is 2.62 bits per heavy atom. The molecule has 0 aromatic carbocycles. The Balaban J connectivity index is 3.11. The van der Waals surface area contributed by atoms with E-state index in [4.69, 9.17) is 10.5 Å². The Kier molecular flexibility index (Phi) is 9.10. The minimum atomic E-state index is -0.0791. The fraction of sp³-hybridized carbons (Fsp3) is 0.900. The highest BCUT2D eigenvalue weighted by Crippen LogP contribution is 1.99. The molecule has 0 saturated heterocycles. The van der Waals surface area contributed by atoms with Gasteiger partial charge in [0.15, 0.2) is 0 Å². The molecular formula is C10H21NO2. The van der Waals surface area contributed by atoms with Crippen LogP contribution in [0.15, 0.2) is 0 Å². The fourth-order valence-electron chi connectivity index (χ4n) is 1.02. The second-order valence-electron chi connectivity index (χ2n) is 3.17. The van der Waals surface area contributed by atoms with Crippen LogP contribution in [0.5, 0.6) is 0 Å². The van der Waals surface area contributed by atoms with Crippen LogP contribution in [0.1, 0.15) is 45.4 Å². The molecule has 0 aliphatic heterocycles. The molecule has 78 valence electrons. The standard InChI is InChI=1S/C10H21NO2/c1-2-3-6-9-13-10(12)7-4-5-8-11/h2-9,11H2,1H3. The van der Waals surface area contributed by atoms with Crippen molar-refractivity contribution < 1.29 is 9.53 Å². The third-order valence-electron chi connectivity index (χ3n) is 1.85. The second-order valence-corrected chi connectivity index (χ2v) is 3.17. The topological polar surface area (TPSA) is 52.3 Å². The highest BCUT2D eigenvalue weighted by Gasteiger charge is 2.00. The molecule has 13 heavy (non-hydrogen) atoms. The zero-order valence-electron chi connectivity index (χ0n) is 8.55. The Morgan fingerprint density at radius 2 is 2.00 bits per heavy atom. The van der Waals surface area contributed by atoms with Gasteiger partial charge in [0.1, 0.15) is 0 Å². The van der Waals surface area contributed by atoms with Crippen molar-refractivity contribution in [3.8, 4) is 0 Å². The summed E-state index contributed by atoms with van der Waals surface area (Å²) in [6.45, 7) is 3.36. The van der Waals surface area contributed by atoms with Gasteiger partial charge in [-0.1, -0.05) is 19.8 Å². The van der Waals surface area contributed by atoms with Crippen molar-refractivity contribution >= 4 is 5.97 Å². The Labute approximate surface area is 80.6 Å². The number of nitrogens with two attached hydrogens (primary N) is 1. The number of carbonyl (C=O) groups excluding carboxylic acids is 1. The van der Waals surface area contributed by atoms with Gasteiger partial charge in [-0.2, -0.15) is 0 Å². The monoisotopic (exact) mass is 187 g/mol. The summed E-state index contributed by atoms with van der Waals surface area (Å²) in [6, 6.07) is 0. The van der Waals surface area contributed by atoms with Gasteiger partial charge in [0, 0.05) is 6.42 Å². The molecule has 3 nitrogen and oxygen atoms in total. The van der Waals surface area contributed by atoms with E-state index in [9.17, 15) is 4.79 Å². The van der Waals surface area contributed by atoms with Crippen molar-refractivity contribution in [3.63, 3.8) is 0 Å². The molecule has 0 aliphatic rings. The predicted molar refractivity (Wildman–Crippen MR) is 53.4 cm³/mol. The molecule has 0 radical (unpaired) electrons. The molecule has 0 fully saturated rings. The van der Waals surface area contributed by atoms with Crippen LogP contribution in [0.2, 0.25) is 0 Å². The summed E-state index contributed by atoms with van der Waals surface area (Å²) in [5.74, 6) is -0.0791. The van der Waals surface area contributed by atoms with Crippen LogP contribution in [-0.2, 0) is 9.53 Å². The quantitative estimate of drug-likeness (QED) is 0.466. The maximum atomic E-state index is 11.0. The van der Waals surface area contributed by atoms with Crippen molar-refractivity contribution in [2.24, 2.45) is 5.73 Å². The molecule has 0 unspecified atom stereocenters. The molecule has 2 N–H and O–H groups in total. The molecule has 0 aromatic heterocycles. The van der Waals surface area contributed by atoms with E-state index in [2.05, 4.69) is 6.92 Å². The van der Waals surface area contributed by atoms with Crippen molar-refractivity contribution in [2.75, 3.05) is 13.2 Å². The van der Waals surface area contributed by atoms with Crippen molar-refractivity contribution in [3.05, 3.63) is 0 Å². The van der Waals surface area contributed by atoms with E-state index in [0.29, 0.717) is 19.6 Å². The van der Waals surface area contributed by atoms with Crippen molar-refractivity contribution in [1.29, 1.82) is 0 Å². The third-order valence-corrected chi connectivity index (χ3v) is 1.85. The van der Waals surface area contributed by atoms with E-state index in [1.807, 2.05) is 0 Å². The fourth-order valence-corrected chi connectivity index (χ4v) is 1.02. The summed E-state index contributed by atoms with van der Waals surface area (Å²) in [5.41, 5.74) is 5.30. The van der Waals surface area contributed by atoms with Gasteiger partial charge in [-0.15, -0.1) is 0 Å². The normalized spacial score (nSPS) is 10.0. The van der Waals surface area contributed by atoms with Gasteiger partial charge in [-0.05, 0) is 25.8 Å². The number of hydrogen-bond acceptors (Lipinski definition) is 3. The lowest BCUT2D eigenvalue weighted by Gasteiger charge is -2.03. The smallest absolute Gasteiger partial charge is 0.305 e. The molecule has 0 aromatic rings. The summed E-state index contributed by atoms with van der Waals surface area (Å²) in [5, 5.41) is 0. The Bertz CT molecular complexity index is 126. The van der Waals surface area contributed by atoms with E-state index in [0.717, 1.165) is 32.1 Å². The minimum absolute atomic E-state index is 0.0791. The molecular weight excluding hydrogens is 166 g/mol. The maximum Gasteiger partial charge on any atom is 0.305 e. The first-order valence-corrected chi connectivity index (χ1v) is 5.17. The molecule has 0 bridgehead atoms. The van der Waals surface area contributed by atoms with Gasteiger partial charge >= 0.3 is 5.97 Å². The predicted octanol–water partition coefficient (Wildman–Crippen LogP) is 1.85. The molecule has 0 heterocycles. The summed E-state index contributed by atoms with van der Waals surface area (Å²) in [6.07, 6.45) is 5.55. The second kappa shape index (κ2) is 9.52. The molecule has 0 aliphatic carbocycles.